The van der Waals surface area contributed by atoms with Crippen molar-refractivity contribution in [2.75, 3.05) is 19.6 Å². The lowest BCUT2D eigenvalue weighted by atomic mass is 9.90. The number of nitrogens with zero attached hydrogens (tertiary/aromatic N) is 3. The molecule has 1 aromatic heterocycles. The fraction of sp³-hybridized carbons (Fsp3) is 0.571. The fourth-order valence-corrected chi connectivity index (χ4v) is 4.41. The van der Waals surface area contributed by atoms with Gasteiger partial charge in [0.2, 0.25) is 11.8 Å². The highest BCUT2D eigenvalue weighted by Gasteiger charge is 2.58. The molecular formula is C21H27N5O3. The molecule has 3 amide bonds. The average Bonchev–Trinajstić information content (AvgIpc) is 3.46. The summed E-state index contributed by atoms with van der Waals surface area (Å²) in [7, 11) is 0. The van der Waals surface area contributed by atoms with E-state index in [4.69, 9.17) is 0 Å². The zero-order chi connectivity index (χ0) is 20.3. The number of amides is 3. The molecule has 2 fully saturated rings. The predicted molar refractivity (Wildman–Crippen MR) is 107 cm³/mol. The van der Waals surface area contributed by atoms with E-state index in [0.29, 0.717) is 38.2 Å². The summed E-state index contributed by atoms with van der Waals surface area (Å²) < 4.78 is 0. The van der Waals surface area contributed by atoms with Gasteiger partial charge in [0, 0.05) is 50.8 Å². The summed E-state index contributed by atoms with van der Waals surface area (Å²) in [4.78, 5) is 42.1. The number of piperidine rings is 1. The second-order valence-electron chi connectivity index (χ2n) is 8.25. The first-order valence-electron chi connectivity index (χ1n) is 10.4. The molecule has 8 nitrogen and oxygen atoms in total. The van der Waals surface area contributed by atoms with Crippen LogP contribution in [-0.4, -0.2) is 53.0 Å². The van der Waals surface area contributed by atoms with E-state index in [0.717, 1.165) is 32.1 Å². The standard InChI is InChI=1S/C21H27N5O3/c27-18-4-3-17(24-25-18)20(29)26-12-7-21(8-13-26)14-16(21)19(28)23-9-1-2-15-5-10-22-11-6-15/h5-6,10-11,16H,1-4,7-9,12-14H2,(H,23,28)(H,25,27). The third-order valence-corrected chi connectivity index (χ3v) is 6.39. The molecule has 1 aliphatic carbocycles. The molecule has 1 saturated carbocycles. The first-order chi connectivity index (χ1) is 14.1. The zero-order valence-electron chi connectivity index (χ0n) is 16.5. The molecule has 1 unspecified atom stereocenters. The van der Waals surface area contributed by atoms with Gasteiger partial charge in [-0.25, -0.2) is 5.43 Å². The first-order valence-corrected chi connectivity index (χ1v) is 10.4. The van der Waals surface area contributed by atoms with Crippen LogP contribution in [0.2, 0.25) is 0 Å². The van der Waals surface area contributed by atoms with E-state index >= 15 is 0 Å². The number of pyridine rings is 1. The number of hydrogen-bond donors (Lipinski definition) is 2. The predicted octanol–water partition coefficient (Wildman–Crippen LogP) is 1.03. The van der Waals surface area contributed by atoms with Gasteiger partial charge < -0.3 is 10.2 Å². The summed E-state index contributed by atoms with van der Waals surface area (Å²) in [6.07, 6.45) is 8.76. The van der Waals surface area contributed by atoms with Crippen molar-refractivity contribution in [1.82, 2.24) is 20.6 Å². The summed E-state index contributed by atoms with van der Waals surface area (Å²) >= 11 is 0. The highest BCUT2D eigenvalue weighted by Crippen LogP contribution is 2.59. The van der Waals surface area contributed by atoms with Crippen molar-refractivity contribution in [2.45, 2.75) is 44.9 Å². The van der Waals surface area contributed by atoms with E-state index in [1.165, 1.54) is 5.56 Å². The minimum Gasteiger partial charge on any atom is -0.356 e. The second-order valence-corrected chi connectivity index (χ2v) is 8.25. The Morgan fingerprint density at radius 1 is 1.21 bits per heavy atom. The van der Waals surface area contributed by atoms with Crippen molar-refractivity contribution in [3.05, 3.63) is 30.1 Å². The van der Waals surface area contributed by atoms with Crippen LogP contribution in [0.3, 0.4) is 0 Å². The molecule has 1 spiro atoms. The summed E-state index contributed by atoms with van der Waals surface area (Å²) in [5, 5.41) is 6.98. The highest BCUT2D eigenvalue weighted by molar-refractivity contribution is 6.39. The van der Waals surface area contributed by atoms with Crippen molar-refractivity contribution in [1.29, 1.82) is 0 Å². The van der Waals surface area contributed by atoms with E-state index in [-0.39, 0.29) is 29.1 Å². The minimum absolute atomic E-state index is 0.0640. The van der Waals surface area contributed by atoms with Crippen LogP contribution in [0.1, 0.15) is 44.1 Å². The van der Waals surface area contributed by atoms with Crippen molar-refractivity contribution >= 4 is 23.4 Å². The Morgan fingerprint density at radius 2 is 1.97 bits per heavy atom. The number of carbonyl (C=O) groups excluding carboxylic acids is 3. The van der Waals surface area contributed by atoms with Crippen LogP contribution >= 0.6 is 0 Å². The van der Waals surface area contributed by atoms with Crippen LogP contribution in [-0.2, 0) is 20.8 Å². The molecule has 2 N–H and O–H groups in total. The molecule has 2 aliphatic heterocycles. The summed E-state index contributed by atoms with van der Waals surface area (Å²) in [6.45, 7) is 1.99. The molecule has 3 heterocycles. The molecule has 1 saturated heterocycles. The van der Waals surface area contributed by atoms with E-state index in [9.17, 15) is 14.4 Å². The maximum atomic E-state index is 12.6. The Bertz CT molecular complexity index is 815. The fourth-order valence-electron chi connectivity index (χ4n) is 4.41. The lowest BCUT2D eigenvalue weighted by Crippen LogP contribution is -2.45. The molecule has 0 bridgehead atoms. The van der Waals surface area contributed by atoms with Crippen LogP contribution in [0.25, 0.3) is 0 Å². The van der Waals surface area contributed by atoms with E-state index in [1.54, 1.807) is 12.4 Å². The summed E-state index contributed by atoms with van der Waals surface area (Å²) in [5.41, 5.74) is 4.11. The van der Waals surface area contributed by atoms with E-state index in [1.807, 2.05) is 17.0 Å². The Kier molecular flexibility index (Phi) is 5.60. The van der Waals surface area contributed by atoms with Crippen molar-refractivity contribution in [3.8, 4) is 0 Å². The molecular weight excluding hydrogens is 370 g/mol. The van der Waals surface area contributed by atoms with Gasteiger partial charge in [-0.15, -0.1) is 0 Å². The third-order valence-electron chi connectivity index (χ3n) is 6.39. The van der Waals surface area contributed by atoms with Crippen LogP contribution in [0, 0.1) is 11.3 Å². The number of likely N-dealkylation sites (tertiary alicyclic amines) is 1. The van der Waals surface area contributed by atoms with Crippen molar-refractivity contribution < 1.29 is 14.4 Å². The van der Waals surface area contributed by atoms with Gasteiger partial charge in [-0.05, 0) is 55.2 Å². The van der Waals surface area contributed by atoms with Gasteiger partial charge in [-0.3, -0.25) is 19.4 Å². The maximum Gasteiger partial charge on any atom is 0.270 e. The van der Waals surface area contributed by atoms with Gasteiger partial charge in [-0.2, -0.15) is 5.10 Å². The Hall–Kier alpha value is -2.77. The number of nitrogens with one attached hydrogen (secondary N) is 2. The molecule has 8 heteroatoms. The Morgan fingerprint density at radius 3 is 2.66 bits per heavy atom. The number of aryl methyl sites for hydroxylation is 1. The molecule has 3 aliphatic rings. The summed E-state index contributed by atoms with van der Waals surface area (Å²) in [6, 6.07) is 4.00. The Balaban J connectivity index is 1.18. The van der Waals surface area contributed by atoms with Crippen LogP contribution < -0.4 is 10.7 Å². The number of carbonyl (C=O) groups is 3. The van der Waals surface area contributed by atoms with Gasteiger partial charge in [0.25, 0.3) is 5.91 Å². The Labute approximate surface area is 170 Å². The van der Waals surface area contributed by atoms with Gasteiger partial charge >= 0.3 is 0 Å². The first kappa shape index (κ1) is 19.5. The quantitative estimate of drug-likeness (QED) is 0.700. The largest absolute Gasteiger partial charge is 0.356 e. The molecule has 1 atom stereocenters. The summed E-state index contributed by atoms with van der Waals surface area (Å²) in [5.74, 6) is -0.00442. The van der Waals surface area contributed by atoms with E-state index < -0.39 is 0 Å². The molecule has 4 rings (SSSR count). The number of rotatable bonds is 6. The SMILES string of the molecule is O=C1CCC(C(=O)N2CCC3(CC2)CC3C(=O)NCCCc2ccncc2)=NN1. The van der Waals surface area contributed by atoms with Gasteiger partial charge in [0.15, 0.2) is 0 Å². The molecule has 0 radical (unpaired) electrons. The number of hydrogen-bond acceptors (Lipinski definition) is 5. The second kappa shape index (κ2) is 8.31. The van der Waals surface area contributed by atoms with Gasteiger partial charge in [0.05, 0.1) is 0 Å². The lowest BCUT2D eigenvalue weighted by Gasteiger charge is -2.33. The van der Waals surface area contributed by atoms with Crippen LogP contribution in [0.4, 0.5) is 0 Å². The smallest absolute Gasteiger partial charge is 0.270 e. The van der Waals surface area contributed by atoms with Crippen LogP contribution in [0.15, 0.2) is 29.6 Å². The minimum atomic E-state index is -0.147. The van der Waals surface area contributed by atoms with Crippen molar-refractivity contribution in [3.63, 3.8) is 0 Å². The molecule has 0 aromatic carbocycles. The van der Waals surface area contributed by atoms with Crippen LogP contribution in [0.5, 0.6) is 0 Å². The average molecular weight is 397 g/mol. The monoisotopic (exact) mass is 397 g/mol. The number of hydrazone groups is 1. The number of aromatic nitrogens is 1. The third kappa shape index (κ3) is 4.46. The molecule has 154 valence electrons. The van der Waals surface area contributed by atoms with E-state index in [2.05, 4.69) is 20.8 Å². The molecule has 29 heavy (non-hydrogen) atoms. The topological polar surface area (TPSA) is 104 Å². The lowest BCUT2D eigenvalue weighted by molar-refractivity contribution is -0.126. The van der Waals surface area contributed by atoms with Crippen molar-refractivity contribution in [2.24, 2.45) is 16.4 Å². The molecule has 1 aromatic rings. The van der Waals surface area contributed by atoms with Gasteiger partial charge in [-0.1, -0.05) is 0 Å². The normalized spacial score (nSPS) is 22.6. The zero-order valence-corrected chi connectivity index (χ0v) is 16.5. The highest BCUT2D eigenvalue weighted by atomic mass is 16.2. The van der Waals surface area contributed by atoms with Gasteiger partial charge in [0.1, 0.15) is 5.71 Å². The maximum absolute atomic E-state index is 12.6.